The van der Waals surface area contributed by atoms with Gasteiger partial charge in [-0.2, -0.15) is 0 Å². The van der Waals surface area contributed by atoms with Gasteiger partial charge in [0.25, 0.3) is 0 Å². The molecule has 25 heavy (non-hydrogen) atoms. The van der Waals surface area contributed by atoms with Crippen molar-refractivity contribution in [2.45, 2.75) is 39.3 Å². The highest BCUT2D eigenvalue weighted by Gasteiger charge is 2.25. The molecule has 1 heterocycles. The number of fused-ring (bicyclic) bond motifs is 1. The van der Waals surface area contributed by atoms with Crippen LogP contribution < -0.4 is 16.4 Å². The van der Waals surface area contributed by atoms with Crippen LogP contribution in [0.3, 0.4) is 0 Å². The molecule has 4 N–H and O–H groups in total. The maximum absolute atomic E-state index is 12.2. The van der Waals surface area contributed by atoms with Crippen LogP contribution >= 0.6 is 0 Å². The zero-order valence-electron chi connectivity index (χ0n) is 14.7. The Balaban J connectivity index is 2.00. The molecule has 0 aromatic heterocycles. The molecule has 0 spiro atoms. The Labute approximate surface area is 146 Å². The van der Waals surface area contributed by atoms with Crippen molar-refractivity contribution in [3.8, 4) is 0 Å². The number of rotatable bonds is 3. The van der Waals surface area contributed by atoms with Gasteiger partial charge in [0.2, 0.25) is 5.91 Å². The summed E-state index contributed by atoms with van der Waals surface area (Å²) in [5.41, 5.74) is 7.24. The van der Waals surface area contributed by atoms with Gasteiger partial charge >= 0.3 is 12.1 Å². The molecule has 1 aromatic carbocycles. The molecule has 2 rings (SSSR count). The quantitative estimate of drug-likeness (QED) is 0.767. The van der Waals surface area contributed by atoms with E-state index in [1.807, 2.05) is 44.3 Å². The van der Waals surface area contributed by atoms with E-state index in [1.54, 1.807) is 4.90 Å². The van der Waals surface area contributed by atoms with E-state index >= 15 is 0 Å². The van der Waals surface area contributed by atoms with E-state index < -0.39 is 17.5 Å². The summed E-state index contributed by atoms with van der Waals surface area (Å²) in [5.74, 6) is -0.513. The first-order valence-corrected chi connectivity index (χ1v) is 8.07. The highest BCUT2D eigenvalue weighted by Crippen LogP contribution is 2.24. The number of primary amides is 1. The summed E-state index contributed by atoms with van der Waals surface area (Å²) >= 11 is 0. The zero-order chi connectivity index (χ0) is 18.6. The molecular weight excluding hydrogens is 324 g/mol. The van der Waals surface area contributed by atoms with Gasteiger partial charge < -0.3 is 20.7 Å². The number of hydrogen-bond donors (Lipinski definition) is 3. The van der Waals surface area contributed by atoms with Crippen molar-refractivity contribution < 1.29 is 19.1 Å². The Kier molecular flexibility index (Phi) is 5.51. The van der Waals surface area contributed by atoms with E-state index in [0.717, 1.165) is 23.2 Å². The fourth-order valence-electron chi connectivity index (χ4n) is 2.51. The number of anilines is 1. The van der Waals surface area contributed by atoms with Crippen LogP contribution in [-0.4, -0.2) is 41.6 Å². The van der Waals surface area contributed by atoms with Crippen LogP contribution in [0, 0.1) is 0 Å². The number of benzene rings is 1. The van der Waals surface area contributed by atoms with Gasteiger partial charge in [0.15, 0.2) is 0 Å². The molecule has 1 aliphatic heterocycles. The van der Waals surface area contributed by atoms with Gasteiger partial charge in [0, 0.05) is 18.8 Å². The van der Waals surface area contributed by atoms with E-state index in [2.05, 4.69) is 5.32 Å². The van der Waals surface area contributed by atoms with E-state index in [4.69, 9.17) is 10.5 Å². The van der Waals surface area contributed by atoms with Crippen molar-refractivity contribution in [3.05, 3.63) is 29.3 Å². The molecule has 0 fully saturated rings. The first-order chi connectivity index (χ1) is 11.6. The summed E-state index contributed by atoms with van der Waals surface area (Å²) in [6.07, 6.45) is 0.411. The fourth-order valence-corrected chi connectivity index (χ4v) is 2.51. The first-order valence-electron chi connectivity index (χ1n) is 8.07. The molecular formula is C17H24N4O4. The second-order valence-electron chi connectivity index (χ2n) is 6.90. The minimum absolute atomic E-state index is 0.0719. The minimum atomic E-state index is -0.884. The summed E-state index contributed by atoms with van der Waals surface area (Å²) < 4.78 is 5.41. The molecule has 136 valence electrons. The Morgan fingerprint density at radius 1 is 1.24 bits per heavy atom. The Morgan fingerprint density at radius 3 is 2.60 bits per heavy atom. The summed E-state index contributed by atoms with van der Waals surface area (Å²) in [6, 6.07) is 4.84. The molecule has 0 saturated carbocycles. The van der Waals surface area contributed by atoms with Crippen LogP contribution in [0.2, 0.25) is 0 Å². The van der Waals surface area contributed by atoms with Gasteiger partial charge in [-0.15, -0.1) is 0 Å². The number of urea groups is 1. The predicted molar refractivity (Wildman–Crippen MR) is 93.0 cm³/mol. The number of nitrogens with one attached hydrogen (secondary N) is 2. The standard InChI is InChI=1S/C17H24N4O4/c1-17(2,3)25-16(24)21-7-6-11-4-5-13(8-12(11)10-21)19-9-14(22)20-15(18)23/h4-5,8,19H,6-7,9-10H2,1-3H3,(H3,18,20,22,23). The zero-order valence-corrected chi connectivity index (χ0v) is 14.7. The van der Waals surface area contributed by atoms with Crippen LogP contribution in [0.25, 0.3) is 0 Å². The summed E-state index contributed by atoms with van der Waals surface area (Å²) in [7, 11) is 0. The maximum Gasteiger partial charge on any atom is 0.410 e. The van der Waals surface area contributed by atoms with E-state index in [0.29, 0.717) is 13.1 Å². The minimum Gasteiger partial charge on any atom is -0.444 e. The molecule has 0 bridgehead atoms. The van der Waals surface area contributed by atoms with Crippen molar-refractivity contribution in [2.24, 2.45) is 5.73 Å². The average molecular weight is 348 g/mol. The lowest BCUT2D eigenvalue weighted by Crippen LogP contribution is -2.40. The van der Waals surface area contributed by atoms with E-state index in [9.17, 15) is 14.4 Å². The highest BCUT2D eigenvalue weighted by molar-refractivity contribution is 5.95. The van der Waals surface area contributed by atoms with Crippen LogP contribution in [0.4, 0.5) is 15.3 Å². The van der Waals surface area contributed by atoms with Crippen LogP contribution in [0.1, 0.15) is 31.9 Å². The lowest BCUT2D eigenvalue weighted by atomic mass is 9.99. The van der Waals surface area contributed by atoms with Gasteiger partial charge in [0.1, 0.15) is 5.60 Å². The number of amides is 4. The lowest BCUT2D eigenvalue weighted by molar-refractivity contribution is -0.118. The first kappa shape index (κ1) is 18.6. The molecule has 0 radical (unpaired) electrons. The Bertz CT molecular complexity index is 682. The van der Waals surface area contributed by atoms with Crippen molar-refractivity contribution >= 4 is 23.7 Å². The highest BCUT2D eigenvalue weighted by atomic mass is 16.6. The summed E-state index contributed by atoms with van der Waals surface area (Å²) in [4.78, 5) is 36.0. The average Bonchev–Trinajstić information content (AvgIpc) is 2.50. The van der Waals surface area contributed by atoms with Crippen molar-refractivity contribution in [2.75, 3.05) is 18.4 Å². The number of carbonyl (C=O) groups is 3. The molecule has 4 amide bonds. The smallest absolute Gasteiger partial charge is 0.410 e. The number of nitrogens with two attached hydrogens (primary N) is 1. The number of nitrogens with zero attached hydrogens (tertiary/aromatic N) is 1. The summed E-state index contributed by atoms with van der Waals surface area (Å²) in [5, 5.41) is 4.91. The largest absolute Gasteiger partial charge is 0.444 e. The van der Waals surface area contributed by atoms with E-state index in [1.165, 1.54) is 0 Å². The second-order valence-corrected chi connectivity index (χ2v) is 6.90. The third-order valence-corrected chi connectivity index (χ3v) is 3.59. The number of carbonyl (C=O) groups excluding carboxylic acids is 3. The third kappa shape index (κ3) is 5.66. The van der Waals surface area contributed by atoms with Gasteiger partial charge in [-0.1, -0.05) is 6.07 Å². The normalized spacial score (nSPS) is 13.6. The molecule has 0 unspecified atom stereocenters. The van der Waals surface area contributed by atoms with Crippen LogP contribution in [0.5, 0.6) is 0 Å². The number of ether oxygens (including phenoxy) is 1. The topological polar surface area (TPSA) is 114 Å². The molecule has 0 atom stereocenters. The summed E-state index contributed by atoms with van der Waals surface area (Å²) in [6.45, 7) is 6.49. The lowest BCUT2D eigenvalue weighted by Gasteiger charge is -2.31. The molecule has 1 aliphatic rings. The van der Waals surface area contributed by atoms with Gasteiger partial charge in [-0.05, 0) is 50.5 Å². The van der Waals surface area contributed by atoms with Gasteiger partial charge in [-0.25, -0.2) is 9.59 Å². The van der Waals surface area contributed by atoms with Crippen molar-refractivity contribution in [1.82, 2.24) is 10.2 Å². The predicted octanol–water partition coefficient (Wildman–Crippen LogP) is 1.59. The molecule has 8 heteroatoms. The molecule has 0 saturated heterocycles. The van der Waals surface area contributed by atoms with Crippen molar-refractivity contribution in [1.29, 1.82) is 0 Å². The Morgan fingerprint density at radius 2 is 1.96 bits per heavy atom. The second kappa shape index (κ2) is 7.42. The number of imide groups is 1. The van der Waals surface area contributed by atoms with Crippen molar-refractivity contribution in [3.63, 3.8) is 0 Å². The third-order valence-electron chi connectivity index (χ3n) is 3.59. The van der Waals surface area contributed by atoms with Gasteiger partial charge in [0.05, 0.1) is 6.54 Å². The van der Waals surface area contributed by atoms with E-state index in [-0.39, 0.29) is 12.6 Å². The monoisotopic (exact) mass is 348 g/mol. The molecule has 1 aromatic rings. The molecule has 0 aliphatic carbocycles. The molecule has 8 nitrogen and oxygen atoms in total. The fraction of sp³-hybridized carbons (Fsp3) is 0.471. The van der Waals surface area contributed by atoms with Crippen LogP contribution in [-0.2, 0) is 22.5 Å². The van der Waals surface area contributed by atoms with Gasteiger partial charge in [-0.3, -0.25) is 10.1 Å². The SMILES string of the molecule is CC(C)(C)OC(=O)N1CCc2ccc(NCC(=O)NC(N)=O)cc2C1. The Hall–Kier alpha value is -2.77. The number of hydrogen-bond acceptors (Lipinski definition) is 5. The maximum atomic E-state index is 12.2. The van der Waals surface area contributed by atoms with Crippen LogP contribution in [0.15, 0.2) is 18.2 Å².